The van der Waals surface area contributed by atoms with Gasteiger partial charge in [-0.1, -0.05) is 18.6 Å². The van der Waals surface area contributed by atoms with Crippen molar-refractivity contribution in [3.63, 3.8) is 0 Å². The second kappa shape index (κ2) is 5.94. The third kappa shape index (κ3) is 2.76. The quantitative estimate of drug-likeness (QED) is 0.779. The average Bonchev–Trinajstić information content (AvgIpc) is 2.38. The third-order valence-electron chi connectivity index (χ3n) is 3.94. The molecule has 108 valence electrons. The summed E-state index contributed by atoms with van der Waals surface area (Å²) in [4.78, 5) is 22.4. The van der Waals surface area contributed by atoms with Crippen LogP contribution in [0.25, 0.3) is 0 Å². The summed E-state index contributed by atoms with van der Waals surface area (Å²) in [6.45, 7) is 0.496. The summed E-state index contributed by atoms with van der Waals surface area (Å²) in [5.74, 6) is -0.997. The number of carbonyl (C=O) groups excluding carboxylic acids is 1. The Kier molecular flexibility index (Phi) is 4.27. The van der Waals surface area contributed by atoms with E-state index in [9.17, 15) is 14.7 Å². The van der Waals surface area contributed by atoms with Crippen molar-refractivity contribution in [3.8, 4) is 0 Å². The molecule has 0 radical (unpaired) electrons. The number of methoxy groups -OCH3 is 1. The van der Waals surface area contributed by atoms with E-state index in [0.717, 1.165) is 17.7 Å². The fourth-order valence-electron chi connectivity index (χ4n) is 2.47. The molecule has 1 saturated carbocycles. The van der Waals surface area contributed by atoms with E-state index in [1.54, 1.807) is 0 Å². The predicted octanol–water partition coefficient (Wildman–Crippen LogP) is 2.17. The molecule has 0 aliphatic heterocycles. The highest BCUT2D eigenvalue weighted by Gasteiger charge is 2.45. The molecule has 0 saturated heterocycles. The summed E-state index contributed by atoms with van der Waals surface area (Å²) < 4.78 is 4.56. The molecule has 0 atom stereocenters. The average molecular weight is 277 g/mol. The number of hydrogen-bond acceptors (Lipinski definition) is 4. The summed E-state index contributed by atoms with van der Waals surface area (Å²) in [6.07, 6.45) is 2.68. The zero-order chi connectivity index (χ0) is 14.6. The topological polar surface area (TPSA) is 75.6 Å². The molecule has 2 rings (SSSR count). The van der Waals surface area contributed by atoms with Gasteiger partial charge in [0.1, 0.15) is 0 Å². The number of hydrogen-bond donors (Lipinski definition) is 2. The fourth-order valence-corrected chi connectivity index (χ4v) is 2.47. The summed E-state index contributed by atoms with van der Waals surface area (Å²) in [5.41, 5.74) is 1.04. The van der Waals surface area contributed by atoms with E-state index < -0.39 is 11.4 Å². The van der Waals surface area contributed by atoms with Crippen LogP contribution in [-0.2, 0) is 19.7 Å². The van der Waals surface area contributed by atoms with E-state index in [0.29, 0.717) is 25.8 Å². The van der Waals surface area contributed by atoms with Crippen molar-refractivity contribution in [2.24, 2.45) is 0 Å². The van der Waals surface area contributed by atoms with Gasteiger partial charge in [0.25, 0.3) is 0 Å². The fraction of sp³-hybridized carbons (Fsp3) is 0.467. The van der Waals surface area contributed by atoms with Gasteiger partial charge in [-0.25, -0.2) is 0 Å². The Hall–Kier alpha value is -2.04. The molecule has 2 N–H and O–H groups in total. The minimum Gasteiger partial charge on any atom is -0.481 e. The van der Waals surface area contributed by atoms with E-state index in [-0.39, 0.29) is 5.97 Å². The minimum atomic E-state index is -0.741. The molecule has 1 aromatic carbocycles. The van der Waals surface area contributed by atoms with Gasteiger partial charge < -0.3 is 15.2 Å². The standard InChI is InChI=1S/C15H19NO4/c1-20-13(17)7-10-16-12-5-3-11(4-6-12)15(14(18)19)8-2-9-15/h3-6,16H,2,7-10H2,1H3,(H,18,19). The second-order valence-electron chi connectivity index (χ2n) is 5.07. The molecule has 5 heteroatoms. The molecule has 1 aliphatic rings. The van der Waals surface area contributed by atoms with Gasteiger partial charge >= 0.3 is 11.9 Å². The SMILES string of the molecule is COC(=O)CCNc1ccc(C2(C(=O)O)CCC2)cc1. The molecular formula is C15H19NO4. The summed E-state index contributed by atoms with van der Waals surface area (Å²) in [7, 11) is 1.36. The van der Waals surface area contributed by atoms with Crippen molar-refractivity contribution in [1.29, 1.82) is 0 Å². The van der Waals surface area contributed by atoms with Gasteiger partial charge in [-0.05, 0) is 30.5 Å². The van der Waals surface area contributed by atoms with Gasteiger partial charge in [0, 0.05) is 12.2 Å². The van der Waals surface area contributed by atoms with Gasteiger partial charge in [0.15, 0.2) is 0 Å². The van der Waals surface area contributed by atoms with Gasteiger partial charge in [-0.15, -0.1) is 0 Å². The van der Waals surface area contributed by atoms with Crippen molar-refractivity contribution in [1.82, 2.24) is 0 Å². The van der Waals surface area contributed by atoms with Crippen molar-refractivity contribution in [2.75, 3.05) is 19.0 Å². The zero-order valence-electron chi connectivity index (χ0n) is 11.5. The number of ether oxygens (including phenoxy) is 1. The van der Waals surface area contributed by atoms with Crippen LogP contribution in [-0.4, -0.2) is 30.7 Å². The number of rotatable bonds is 6. The number of carboxylic acid groups (broad SMARTS) is 1. The van der Waals surface area contributed by atoms with E-state index in [4.69, 9.17) is 0 Å². The Morgan fingerprint density at radius 1 is 1.30 bits per heavy atom. The zero-order valence-corrected chi connectivity index (χ0v) is 11.5. The molecule has 0 amide bonds. The van der Waals surface area contributed by atoms with Crippen LogP contribution in [0.2, 0.25) is 0 Å². The number of aliphatic carboxylic acids is 1. The van der Waals surface area contributed by atoms with Crippen molar-refractivity contribution in [2.45, 2.75) is 31.1 Å². The van der Waals surface area contributed by atoms with Crippen molar-refractivity contribution < 1.29 is 19.4 Å². The monoisotopic (exact) mass is 277 g/mol. The summed E-state index contributed by atoms with van der Waals surface area (Å²) in [5, 5.41) is 12.5. The van der Waals surface area contributed by atoms with E-state index in [1.165, 1.54) is 7.11 Å². The summed E-state index contributed by atoms with van der Waals surface area (Å²) in [6, 6.07) is 7.42. The van der Waals surface area contributed by atoms with Gasteiger partial charge in [0.05, 0.1) is 18.9 Å². The maximum atomic E-state index is 11.4. The maximum Gasteiger partial charge on any atom is 0.314 e. The number of carboxylic acids is 1. The molecule has 1 aromatic rings. The first-order valence-corrected chi connectivity index (χ1v) is 6.73. The largest absolute Gasteiger partial charge is 0.481 e. The third-order valence-corrected chi connectivity index (χ3v) is 3.94. The number of anilines is 1. The molecule has 20 heavy (non-hydrogen) atoms. The molecule has 5 nitrogen and oxygen atoms in total. The molecule has 0 spiro atoms. The van der Waals surface area contributed by atoms with Crippen molar-refractivity contribution >= 4 is 17.6 Å². The van der Waals surface area contributed by atoms with E-state index >= 15 is 0 Å². The highest BCUT2D eigenvalue weighted by molar-refractivity contribution is 5.82. The Labute approximate surface area is 117 Å². The lowest BCUT2D eigenvalue weighted by molar-refractivity contribution is -0.147. The Bertz CT molecular complexity index is 491. The molecule has 1 aliphatic carbocycles. The van der Waals surface area contributed by atoms with Crippen LogP contribution in [0, 0.1) is 0 Å². The molecule has 0 aromatic heterocycles. The second-order valence-corrected chi connectivity index (χ2v) is 5.07. The van der Waals surface area contributed by atoms with Crippen LogP contribution in [0.15, 0.2) is 24.3 Å². The molecule has 0 unspecified atom stereocenters. The van der Waals surface area contributed by atoms with Crippen LogP contribution < -0.4 is 5.32 Å². The first-order valence-electron chi connectivity index (χ1n) is 6.73. The van der Waals surface area contributed by atoms with Crippen LogP contribution in [0.5, 0.6) is 0 Å². The summed E-state index contributed by atoms with van der Waals surface area (Å²) >= 11 is 0. The lowest BCUT2D eigenvalue weighted by Gasteiger charge is -2.38. The highest BCUT2D eigenvalue weighted by atomic mass is 16.5. The molecule has 0 heterocycles. The van der Waals surface area contributed by atoms with Crippen LogP contribution >= 0.6 is 0 Å². The highest BCUT2D eigenvalue weighted by Crippen LogP contribution is 2.44. The van der Waals surface area contributed by atoms with Gasteiger partial charge in [0.2, 0.25) is 0 Å². The normalized spacial score (nSPS) is 16.1. The van der Waals surface area contributed by atoms with Gasteiger partial charge in [-0.2, -0.15) is 0 Å². The van der Waals surface area contributed by atoms with Gasteiger partial charge in [-0.3, -0.25) is 9.59 Å². The van der Waals surface area contributed by atoms with Crippen LogP contribution in [0.1, 0.15) is 31.2 Å². The predicted molar refractivity (Wildman–Crippen MR) is 74.7 cm³/mol. The Morgan fingerprint density at radius 2 is 1.95 bits per heavy atom. The number of nitrogens with one attached hydrogen (secondary N) is 1. The molecule has 1 fully saturated rings. The van der Waals surface area contributed by atoms with Crippen LogP contribution in [0.4, 0.5) is 5.69 Å². The van der Waals surface area contributed by atoms with E-state index in [1.807, 2.05) is 24.3 Å². The number of carbonyl (C=O) groups is 2. The lowest BCUT2D eigenvalue weighted by Crippen LogP contribution is -2.42. The smallest absolute Gasteiger partial charge is 0.314 e. The van der Waals surface area contributed by atoms with Crippen LogP contribution in [0.3, 0.4) is 0 Å². The minimum absolute atomic E-state index is 0.256. The Balaban J connectivity index is 1.96. The van der Waals surface area contributed by atoms with Crippen molar-refractivity contribution in [3.05, 3.63) is 29.8 Å². The molecule has 0 bridgehead atoms. The Morgan fingerprint density at radius 3 is 2.40 bits per heavy atom. The van der Waals surface area contributed by atoms with E-state index in [2.05, 4.69) is 10.1 Å². The first-order chi connectivity index (χ1) is 9.58. The first kappa shape index (κ1) is 14.4. The lowest BCUT2D eigenvalue weighted by atomic mass is 9.64. The number of benzene rings is 1. The maximum absolute atomic E-state index is 11.4. The molecular weight excluding hydrogens is 258 g/mol. The number of esters is 1.